The molecule has 0 spiro atoms. The van der Waals surface area contributed by atoms with Gasteiger partial charge in [0.25, 0.3) is 0 Å². The minimum absolute atomic E-state index is 0.173. The Morgan fingerprint density at radius 1 is 1.05 bits per heavy atom. The topological polar surface area (TPSA) is 84.1 Å². The van der Waals surface area contributed by atoms with Gasteiger partial charge in [-0.15, -0.1) is 11.3 Å². The Bertz CT molecular complexity index is 1340. The highest BCUT2D eigenvalue weighted by Crippen LogP contribution is 2.39. The number of hydrogen-bond acceptors (Lipinski definition) is 6. The van der Waals surface area contributed by atoms with Gasteiger partial charge in [-0.2, -0.15) is 0 Å². The summed E-state index contributed by atoms with van der Waals surface area (Å²) >= 11 is 2.87. The van der Waals surface area contributed by atoms with Crippen LogP contribution in [-0.2, 0) is 22.4 Å². The summed E-state index contributed by atoms with van der Waals surface area (Å²) in [5.74, 6) is -0.531. The van der Waals surface area contributed by atoms with Crippen molar-refractivity contribution in [2.45, 2.75) is 49.9 Å². The zero-order valence-corrected chi connectivity index (χ0v) is 22.5. The summed E-state index contributed by atoms with van der Waals surface area (Å²) in [6.07, 6.45) is 3.92. The molecule has 1 aliphatic carbocycles. The Kier molecular flexibility index (Phi) is 7.76. The van der Waals surface area contributed by atoms with E-state index in [0.29, 0.717) is 22.3 Å². The van der Waals surface area contributed by atoms with Gasteiger partial charge in [-0.1, -0.05) is 72.4 Å². The molecule has 0 radical (unpaired) electrons. The van der Waals surface area contributed by atoms with Crippen LogP contribution in [-0.4, -0.2) is 33.7 Å². The van der Waals surface area contributed by atoms with Crippen LogP contribution in [0.5, 0.6) is 0 Å². The molecule has 2 aromatic carbocycles. The molecule has 37 heavy (non-hydrogen) atoms. The Balaban J connectivity index is 1.39. The number of anilines is 1. The number of nitrogens with one attached hydrogen (secondary N) is 2. The van der Waals surface area contributed by atoms with Gasteiger partial charge in [0.05, 0.1) is 28.8 Å². The van der Waals surface area contributed by atoms with Gasteiger partial charge < -0.3 is 15.0 Å². The fourth-order valence-corrected chi connectivity index (χ4v) is 6.62. The summed E-state index contributed by atoms with van der Waals surface area (Å²) in [5, 5.41) is 3.85. The van der Waals surface area contributed by atoms with Gasteiger partial charge in [0.2, 0.25) is 5.91 Å². The second-order valence-corrected chi connectivity index (χ2v) is 11.3. The molecule has 2 heterocycles. The SMILES string of the molecule is CCOC(=O)c1c(NC(=O)C(C)Sc2nc(-c3ccccc3)c(-c3ccccc3)[nH]2)sc2c1CCCC2. The Labute approximate surface area is 224 Å². The van der Waals surface area contributed by atoms with Gasteiger partial charge in [0, 0.05) is 16.0 Å². The van der Waals surface area contributed by atoms with Crippen molar-refractivity contribution < 1.29 is 14.3 Å². The summed E-state index contributed by atoms with van der Waals surface area (Å²) in [6, 6.07) is 20.1. The number of aromatic amines is 1. The lowest BCUT2D eigenvalue weighted by Gasteiger charge is -2.13. The molecule has 6 nitrogen and oxygen atoms in total. The number of thioether (sulfide) groups is 1. The molecule has 4 aromatic rings. The normalized spacial score (nSPS) is 13.6. The van der Waals surface area contributed by atoms with E-state index in [2.05, 4.69) is 10.3 Å². The number of benzene rings is 2. The number of hydrogen-bond donors (Lipinski definition) is 2. The first-order valence-corrected chi connectivity index (χ1v) is 14.2. The highest BCUT2D eigenvalue weighted by atomic mass is 32.2. The summed E-state index contributed by atoms with van der Waals surface area (Å²) in [6.45, 7) is 3.95. The molecule has 2 N–H and O–H groups in total. The number of aromatic nitrogens is 2. The van der Waals surface area contributed by atoms with Crippen molar-refractivity contribution in [2.75, 3.05) is 11.9 Å². The fraction of sp³-hybridized carbons (Fsp3) is 0.276. The molecule has 0 bridgehead atoms. The molecule has 5 rings (SSSR count). The quantitative estimate of drug-likeness (QED) is 0.189. The van der Waals surface area contributed by atoms with Crippen LogP contribution < -0.4 is 5.32 Å². The van der Waals surface area contributed by atoms with E-state index in [0.717, 1.165) is 53.8 Å². The van der Waals surface area contributed by atoms with Gasteiger partial charge in [0.1, 0.15) is 5.00 Å². The van der Waals surface area contributed by atoms with Gasteiger partial charge in [-0.25, -0.2) is 9.78 Å². The maximum Gasteiger partial charge on any atom is 0.341 e. The lowest BCUT2D eigenvalue weighted by Crippen LogP contribution is -2.23. The van der Waals surface area contributed by atoms with E-state index in [1.807, 2.05) is 67.6 Å². The smallest absolute Gasteiger partial charge is 0.341 e. The third-order valence-corrected chi connectivity index (χ3v) is 8.53. The minimum atomic E-state index is -0.437. The fourth-order valence-electron chi connectivity index (χ4n) is 4.53. The number of ether oxygens (including phenoxy) is 1. The Morgan fingerprint density at radius 2 is 1.73 bits per heavy atom. The number of carbonyl (C=O) groups is 2. The van der Waals surface area contributed by atoms with E-state index in [1.54, 1.807) is 6.92 Å². The summed E-state index contributed by atoms with van der Waals surface area (Å²) in [5.41, 5.74) is 5.36. The molecule has 0 saturated carbocycles. The number of nitrogens with zero attached hydrogens (tertiary/aromatic N) is 1. The number of imidazole rings is 1. The molecular weight excluding hydrogens is 502 g/mol. The van der Waals surface area contributed by atoms with Crippen molar-refractivity contribution >= 4 is 40.0 Å². The molecular formula is C29H29N3O3S2. The predicted molar refractivity (Wildman–Crippen MR) is 150 cm³/mol. The van der Waals surface area contributed by atoms with Gasteiger partial charge in [-0.05, 0) is 45.1 Å². The zero-order valence-electron chi connectivity index (χ0n) is 20.9. The second-order valence-electron chi connectivity index (χ2n) is 8.88. The van der Waals surface area contributed by atoms with Crippen LogP contribution in [0.25, 0.3) is 22.5 Å². The first-order valence-electron chi connectivity index (χ1n) is 12.5. The largest absolute Gasteiger partial charge is 0.462 e. The highest BCUT2D eigenvalue weighted by molar-refractivity contribution is 8.00. The van der Waals surface area contributed by atoms with Gasteiger partial charge in [-0.3, -0.25) is 4.79 Å². The minimum Gasteiger partial charge on any atom is -0.462 e. The van der Waals surface area contributed by atoms with Crippen LogP contribution >= 0.6 is 23.1 Å². The van der Waals surface area contributed by atoms with E-state index in [-0.39, 0.29) is 11.9 Å². The number of fused-ring (bicyclic) bond motifs is 1. The summed E-state index contributed by atoms with van der Waals surface area (Å²) < 4.78 is 5.33. The van der Waals surface area contributed by atoms with E-state index in [9.17, 15) is 9.59 Å². The highest BCUT2D eigenvalue weighted by Gasteiger charge is 2.28. The predicted octanol–water partition coefficient (Wildman–Crippen LogP) is 6.98. The molecule has 2 aromatic heterocycles. The number of rotatable bonds is 8. The second kappa shape index (κ2) is 11.4. The van der Waals surface area contributed by atoms with Crippen molar-refractivity contribution in [1.82, 2.24) is 9.97 Å². The van der Waals surface area contributed by atoms with Gasteiger partial charge >= 0.3 is 5.97 Å². The molecule has 1 unspecified atom stereocenters. The van der Waals surface area contributed by atoms with Crippen LogP contribution in [0.15, 0.2) is 65.8 Å². The number of thiophene rings is 1. The van der Waals surface area contributed by atoms with Crippen molar-refractivity contribution in [2.24, 2.45) is 0 Å². The van der Waals surface area contributed by atoms with Crippen LogP contribution in [0.2, 0.25) is 0 Å². The third kappa shape index (κ3) is 5.50. The van der Waals surface area contributed by atoms with E-state index < -0.39 is 5.25 Å². The van der Waals surface area contributed by atoms with Crippen LogP contribution in [0.4, 0.5) is 5.00 Å². The lowest BCUT2D eigenvalue weighted by molar-refractivity contribution is -0.115. The van der Waals surface area contributed by atoms with E-state index in [4.69, 9.17) is 9.72 Å². The number of esters is 1. The van der Waals surface area contributed by atoms with Gasteiger partial charge in [0.15, 0.2) is 5.16 Å². The van der Waals surface area contributed by atoms with Crippen LogP contribution in [0.3, 0.4) is 0 Å². The Morgan fingerprint density at radius 3 is 2.43 bits per heavy atom. The first-order chi connectivity index (χ1) is 18.0. The maximum absolute atomic E-state index is 13.3. The zero-order chi connectivity index (χ0) is 25.8. The molecule has 1 amide bonds. The number of H-pyrrole nitrogens is 1. The molecule has 1 atom stereocenters. The van der Waals surface area contributed by atoms with Crippen molar-refractivity contribution in [3.63, 3.8) is 0 Å². The summed E-state index contributed by atoms with van der Waals surface area (Å²) in [4.78, 5) is 35.5. The first kappa shape index (κ1) is 25.3. The van der Waals surface area contributed by atoms with Crippen LogP contribution in [0.1, 0.15) is 47.5 Å². The summed E-state index contributed by atoms with van der Waals surface area (Å²) in [7, 11) is 0. The monoisotopic (exact) mass is 531 g/mol. The van der Waals surface area contributed by atoms with E-state index >= 15 is 0 Å². The molecule has 8 heteroatoms. The van der Waals surface area contributed by atoms with Crippen molar-refractivity contribution in [3.05, 3.63) is 76.7 Å². The average molecular weight is 532 g/mol. The molecule has 1 aliphatic rings. The van der Waals surface area contributed by atoms with Crippen LogP contribution in [0, 0.1) is 0 Å². The maximum atomic E-state index is 13.3. The molecule has 0 saturated heterocycles. The Hall–Kier alpha value is -3.36. The molecule has 0 fully saturated rings. The molecule has 190 valence electrons. The average Bonchev–Trinajstić information content (AvgIpc) is 3.51. The third-order valence-electron chi connectivity index (χ3n) is 6.34. The number of carbonyl (C=O) groups excluding carboxylic acids is 2. The molecule has 0 aliphatic heterocycles. The lowest BCUT2D eigenvalue weighted by atomic mass is 9.95. The number of aryl methyl sites for hydroxylation is 1. The standard InChI is InChI=1S/C29H29N3O3S2/c1-3-35-28(34)23-21-16-10-11-17-22(21)37-27(23)32-26(33)18(2)36-29-30-24(19-12-6-4-7-13-19)25(31-29)20-14-8-5-9-15-20/h4-9,12-15,18H,3,10-11,16-17H2,1-2H3,(H,30,31)(H,32,33). The number of amides is 1. The van der Waals surface area contributed by atoms with Crippen molar-refractivity contribution in [1.29, 1.82) is 0 Å². The van der Waals surface area contributed by atoms with E-state index in [1.165, 1.54) is 28.0 Å². The van der Waals surface area contributed by atoms with Crippen molar-refractivity contribution in [3.8, 4) is 22.5 Å².